The zero-order chi connectivity index (χ0) is 13.5. The van der Waals surface area contributed by atoms with Gasteiger partial charge in [-0.3, -0.25) is 0 Å². The maximum absolute atomic E-state index is 12.5. The molecule has 102 valence electrons. The fraction of sp³-hybridized carbons (Fsp3) is 0.429. The first-order chi connectivity index (χ1) is 9.07. The van der Waals surface area contributed by atoms with Gasteiger partial charge in [-0.05, 0) is 49.9 Å². The zero-order valence-corrected chi connectivity index (χ0v) is 12.2. The third-order valence-electron chi connectivity index (χ3n) is 3.78. The Bertz CT molecular complexity index is 603. The summed E-state index contributed by atoms with van der Waals surface area (Å²) in [7, 11) is -3.36. The van der Waals surface area contributed by atoms with Crippen LogP contribution in [0, 0.1) is 0 Å². The number of hydrogen-bond acceptors (Lipinski definition) is 2. The molecule has 2 aliphatic rings. The van der Waals surface area contributed by atoms with Gasteiger partial charge in [0.05, 0.1) is 4.90 Å². The van der Waals surface area contributed by atoms with Crippen molar-refractivity contribution in [2.45, 2.75) is 30.6 Å². The van der Waals surface area contributed by atoms with E-state index in [2.05, 4.69) is 0 Å². The van der Waals surface area contributed by atoms with E-state index in [4.69, 9.17) is 11.6 Å². The maximum Gasteiger partial charge on any atom is 0.243 e. The molecule has 1 aromatic rings. The predicted octanol–water partition coefficient (Wildman–Crippen LogP) is 3.21. The maximum atomic E-state index is 12.5. The zero-order valence-electron chi connectivity index (χ0n) is 10.6. The van der Waals surface area contributed by atoms with E-state index >= 15 is 0 Å². The Balaban J connectivity index is 1.78. The molecule has 0 aromatic heterocycles. The van der Waals surface area contributed by atoms with Gasteiger partial charge in [0.25, 0.3) is 0 Å². The van der Waals surface area contributed by atoms with Crippen molar-refractivity contribution < 1.29 is 8.42 Å². The van der Waals surface area contributed by atoms with Gasteiger partial charge in [0.2, 0.25) is 10.0 Å². The second-order valence-electron chi connectivity index (χ2n) is 5.07. The summed E-state index contributed by atoms with van der Waals surface area (Å²) >= 11 is 5.79. The number of benzene rings is 1. The summed E-state index contributed by atoms with van der Waals surface area (Å²) in [5.41, 5.74) is 3.05. The van der Waals surface area contributed by atoms with E-state index < -0.39 is 10.0 Å². The minimum absolute atomic E-state index is 0.333. The molecule has 1 saturated heterocycles. The largest absolute Gasteiger partial charge is 0.243 e. The third-order valence-corrected chi connectivity index (χ3v) is 5.94. The van der Waals surface area contributed by atoms with Gasteiger partial charge in [-0.15, -0.1) is 0 Å². The highest BCUT2D eigenvalue weighted by Gasteiger charge is 2.29. The SMILES string of the molecule is O=S(=O)(c1ccc(Cl)cc1)N1CCC(=C2CC2)CC1. The van der Waals surface area contributed by atoms with Gasteiger partial charge in [0.1, 0.15) is 0 Å². The first kappa shape index (κ1) is 13.2. The summed E-state index contributed by atoms with van der Waals surface area (Å²) in [6.07, 6.45) is 4.23. The van der Waals surface area contributed by atoms with E-state index in [9.17, 15) is 8.42 Å². The number of allylic oxidation sites excluding steroid dienone is 1. The van der Waals surface area contributed by atoms with Crippen LogP contribution in [-0.4, -0.2) is 25.8 Å². The first-order valence-electron chi connectivity index (χ1n) is 6.53. The topological polar surface area (TPSA) is 37.4 Å². The Morgan fingerprint density at radius 3 is 1.95 bits per heavy atom. The van der Waals surface area contributed by atoms with Gasteiger partial charge >= 0.3 is 0 Å². The normalized spacial score (nSPS) is 20.7. The number of nitrogens with zero attached hydrogens (tertiary/aromatic N) is 1. The van der Waals surface area contributed by atoms with Crippen molar-refractivity contribution in [2.24, 2.45) is 0 Å². The lowest BCUT2D eigenvalue weighted by atomic mass is 10.1. The highest BCUT2D eigenvalue weighted by molar-refractivity contribution is 7.89. The van der Waals surface area contributed by atoms with Crippen molar-refractivity contribution in [3.05, 3.63) is 40.4 Å². The number of rotatable bonds is 2. The van der Waals surface area contributed by atoms with Crippen molar-refractivity contribution in [1.82, 2.24) is 4.31 Å². The minimum atomic E-state index is -3.36. The summed E-state index contributed by atoms with van der Waals surface area (Å²) in [6, 6.07) is 6.39. The summed E-state index contributed by atoms with van der Waals surface area (Å²) in [6.45, 7) is 1.20. The highest BCUT2D eigenvalue weighted by atomic mass is 35.5. The molecule has 1 aromatic carbocycles. The number of halogens is 1. The van der Waals surface area contributed by atoms with Crippen LogP contribution in [0.15, 0.2) is 40.3 Å². The van der Waals surface area contributed by atoms with Crippen molar-refractivity contribution >= 4 is 21.6 Å². The Kier molecular flexibility index (Phi) is 3.41. The molecule has 3 nitrogen and oxygen atoms in total. The molecule has 19 heavy (non-hydrogen) atoms. The van der Waals surface area contributed by atoms with Crippen molar-refractivity contribution in [2.75, 3.05) is 13.1 Å². The molecule has 0 atom stereocenters. The van der Waals surface area contributed by atoms with Gasteiger partial charge in [-0.1, -0.05) is 22.7 Å². The van der Waals surface area contributed by atoms with Crippen LogP contribution in [0.3, 0.4) is 0 Å². The second-order valence-corrected chi connectivity index (χ2v) is 7.44. The van der Waals surface area contributed by atoms with Crippen LogP contribution in [0.4, 0.5) is 0 Å². The Labute approximate surface area is 118 Å². The second kappa shape index (κ2) is 4.93. The molecule has 5 heteroatoms. The van der Waals surface area contributed by atoms with Crippen LogP contribution in [0.5, 0.6) is 0 Å². The molecule has 1 heterocycles. The fourth-order valence-corrected chi connectivity index (χ4v) is 4.09. The molecule has 1 aliphatic heterocycles. The van der Waals surface area contributed by atoms with Gasteiger partial charge in [-0.2, -0.15) is 4.31 Å². The number of sulfonamides is 1. The summed E-state index contributed by atoms with van der Waals surface area (Å²) in [4.78, 5) is 0.333. The van der Waals surface area contributed by atoms with Gasteiger partial charge in [-0.25, -0.2) is 8.42 Å². The third kappa shape index (κ3) is 2.71. The van der Waals surface area contributed by atoms with Crippen LogP contribution in [0.25, 0.3) is 0 Å². The molecule has 0 radical (unpaired) electrons. The van der Waals surface area contributed by atoms with Crippen LogP contribution >= 0.6 is 11.6 Å². The van der Waals surface area contributed by atoms with E-state index in [0.717, 1.165) is 12.8 Å². The Morgan fingerprint density at radius 1 is 0.895 bits per heavy atom. The minimum Gasteiger partial charge on any atom is -0.207 e. The van der Waals surface area contributed by atoms with Crippen LogP contribution in [-0.2, 0) is 10.0 Å². The first-order valence-corrected chi connectivity index (χ1v) is 8.35. The molecule has 1 saturated carbocycles. The molecule has 0 spiro atoms. The average molecular weight is 298 g/mol. The lowest BCUT2D eigenvalue weighted by molar-refractivity contribution is 0.386. The molecule has 0 bridgehead atoms. The summed E-state index contributed by atoms with van der Waals surface area (Å²) in [5, 5.41) is 0.554. The van der Waals surface area contributed by atoms with Crippen LogP contribution in [0.1, 0.15) is 25.7 Å². The Morgan fingerprint density at radius 2 is 1.42 bits per heavy atom. The van der Waals surface area contributed by atoms with Crippen LogP contribution in [0.2, 0.25) is 5.02 Å². The fourth-order valence-electron chi connectivity index (χ4n) is 2.52. The molecular weight excluding hydrogens is 282 g/mol. The highest BCUT2D eigenvalue weighted by Crippen LogP contribution is 2.36. The number of piperidine rings is 1. The molecule has 1 aliphatic carbocycles. The Hall–Kier alpha value is -0.840. The molecular formula is C14H16ClNO2S. The van der Waals surface area contributed by atoms with Crippen molar-refractivity contribution in [1.29, 1.82) is 0 Å². The van der Waals surface area contributed by atoms with E-state index in [-0.39, 0.29) is 0 Å². The molecule has 0 unspecified atom stereocenters. The van der Waals surface area contributed by atoms with E-state index in [1.165, 1.54) is 18.4 Å². The van der Waals surface area contributed by atoms with Crippen LogP contribution < -0.4 is 0 Å². The quantitative estimate of drug-likeness (QED) is 0.786. The van der Waals surface area contributed by atoms with Crippen molar-refractivity contribution in [3.63, 3.8) is 0 Å². The smallest absolute Gasteiger partial charge is 0.207 e. The standard InChI is InChI=1S/C14H16ClNO2S/c15-13-3-5-14(6-4-13)19(17,18)16-9-7-12(8-10-16)11-1-2-11/h3-6H,1-2,7-10H2. The van der Waals surface area contributed by atoms with E-state index in [1.807, 2.05) is 0 Å². The van der Waals surface area contributed by atoms with Gasteiger partial charge in [0, 0.05) is 18.1 Å². The van der Waals surface area contributed by atoms with Gasteiger partial charge in [0.15, 0.2) is 0 Å². The number of hydrogen-bond donors (Lipinski definition) is 0. The molecule has 0 amide bonds. The molecule has 2 fully saturated rings. The lowest BCUT2D eigenvalue weighted by Crippen LogP contribution is -2.36. The van der Waals surface area contributed by atoms with Crippen molar-refractivity contribution in [3.8, 4) is 0 Å². The molecule has 0 N–H and O–H groups in total. The van der Waals surface area contributed by atoms with E-state index in [0.29, 0.717) is 23.0 Å². The van der Waals surface area contributed by atoms with Gasteiger partial charge < -0.3 is 0 Å². The summed E-state index contributed by atoms with van der Waals surface area (Å²) < 4.78 is 26.5. The average Bonchev–Trinajstić information content (AvgIpc) is 3.24. The summed E-state index contributed by atoms with van der Waals surface area (Å²) in [5.74, 6) is 0. The monoisotopic (exact) mass is 297 g/mol. The molecule has 3 rings (SSSR count). The predicted molar refractivity (Wildman–Crippen MR) is 75.7 cm³/mol. The lowest BCUT2D eigenvalue weighted by Gasteiger charge is -2.27. The van der Waals surface area contributed by atoms with E-state index in [1.54, 1.807) is 34.1 Å².